The fourth-order valence-electron chi connectivity index (χ4n) is 3.83. The minimum Gasteiger partial charge on any atom is -0.497 e. The quantitative estimate of drug-likeness (QED) is 0.689. The molecule has 144 valence electrons. The van der Waals surface area contributed by atoms with Crippen LogP contribution in [0.5, 0.6) is 5.75 Å². The summed E-state index contributed by atoms with van der Waals surface area (Å²) in [5.41, 5.74) is 3.43. The molecule has 0 aliphatic carbocycles. The number of anilines is 1. The number of carbonyl (C=O) groups is 1. The minimum absolute atomic E-state index is 0.00406. The third kappa shape index (κ3) is 3.15. The first-order chi connectivity index (χ1) is 13.6. The topological polar surface area (TPSA) is 60.2 Å². The highest BCUT2D eigenvalue weighted by atomic mass is 16.5. The number of benzene rings is 2. The first-order valence-corrected chi connectivity index (χ1v) is 9.54. The Balaban J connectivity index is 1.80. The van der Waals surface area contributed by atoms with Crippen molar-refractivity contribution >= 4 is 11.9 Å². The van der Waals surface area contributed by atoms with Crippen LogP contribution >= 0.6 is 0 Å². The molecule has 1 aromatic heterocycles. The molecule has 28 heavy (non-hydrogen) atoms. The van der Waals surface area contributed by atoms with Gasteiger partial charge in [-0.2, -0.15) is 10.1 Å². The fourth-order valence-corrected chi connectivity index (χ4v) is 3.83. The van der Waals surface area contributed by atoms with Crippen molar-refractivity contribution in [1.82, 2.24) is 14.8 Å². The number of fused-ring (bicyclic) bond motifs is 1. The number of aryl methyl sites for hydroxylation is 1. The van der Waals surface area contributed by atoms with Crippen LogP contribution in [0.4, 0.5) is 5.95 Å². The fraction of sp³-hybridized carbons (Fsp3) is 0.318. The standard InChI is InChI=1S/C22H24N4O2/c1-4-21(27)25-19(16-7-5-15(2)6-8-16)13-20(26-22(25)23-14-24-26)17-9-11-18(28-3)12-10-17/h5-12,14,19-20H,4,13H2,1-3H3/t19-,20-/m0/s1. The Bertz CT molecular complexity index is 963. The van der Waals surface area contributed by atoms with Crippen LogP contribution < -0.4 is 9.64 Å². The maximum absolute atomic E-state index is 12.8. The number of hydrogen-bond donors (Lipinski definition) is 0. The van der Waals surface area contributed by atoms with Crippen molar-refractivity contribution in [3.05, 3.63) is 71.5 Å². The zero-order valence-electron chi connectivity index (χ0n) is 16.4. The molecule has 4 rings (SSSR count). The summed E-state index contributed by atoms with van der Waals surface area (Å²) in [5, 5.41) is 4.45. The van der Waals surface area contributed by atoms with Crippen LogP contribution in [0.2, 0.25) is 0 Å². The molecular weight excluding hydrogens is 352 g/mol. The lowest BCUT2D eigenvalue weighted by Gasteiger charge is -2.39. The van der Waals surface area contributed by atoms with E-state index in [4.69, 9.17) is 4.74 Å². The molecule has 0 spiro atoms. The molecule has 1 aliphatic rings. The third-order valence-corrected chi connectivity index (χ3v) is 5.36. The molecule has 0 bridgehead atoms. The van der Waals surface area contributed by atoms with E-state index in [9.17, 15) is 4.79 Å². The van der Waals surface area contributed by atoms with Crippen molar-refractivity contribution in [2.75, 3.05) is 12.0 Å². The lowest BCUT2D eigenvalue weighted by molar-refractivity contribution is -0.119. The normalized spacial score (nSPS) is 18.6. The molecule has 6 heteroatoms. The summed E-state index contributed by atoms with van der Waals surface area (Å²) in [4.78, 5) is 19.1. The maximum atomic E-state index is 12.8. The first-order valence-electron chi connectivity index (χ1n) is 9.54. The van der Waals surface area contributed by atoms with E-state index < -0.39 is 0 Å². The lowest BCUT2D eigenvalue weighted by atomic mass is 9.91. The summed E-state index contributed by atoms with van der Waals surface area (Å²) < 4.78 is 7.15. The summed E-state index contributed by atoms with van der Waals surface area (Å²) >= 11 is 0. The number of nitrogens with zero attached hydrogens (tertiary/aromatic N) is 4. The predicted molar refractivity (Wildman–Crippen MR) is 107 cm³/mol. The second kappa shape index (κ2) is 7.46. The average Bonchev–Trinajstić information content (AvgIpc) is 3.22. The molecule has 0 saturated heterocycles. The van der Waals surface area contributed by atoms with E-state index in [2.05, 4.69) is 53.4 Å². The van der Waals surface area contributed by atoms with E-state index in [0.717, 1.165) is 23.3 Å². The summed E-state index contributed by atoms with van der Waals surface area (Å²) in [6.45, 7) is 3.95. The monoisotopic (exact) mass is 376 g/mol. The van der Waals surface area contributed by atoms with Gasteiger partial charge in [0.2, 0.25) is 11.9 Å². The highest BCUT2D eigenvalue weighted by Gasteiger charge is 2.38. The van der Waals surface area contributed by atoms with Crippen LogP contribution in [0, 0.1) is 6.92 Å². The van der Waals surface area contributed by atoms with E-state index in [1.165, 1.54) is 11.9 Å². The Hall–Kier alpha value is -3.15. The van der Waals surface area contributed by atoms with Gasteiger partial charge < -0.3 is 4.74 Å². The predicted octanol–water partition coefficient (Wildman–Crippen LogP) is 4.07. The number of rotatable bonds is 4. The van der Waals surface area contributed by atoms with Gasteiger partial charge in [0.1, 0.15) is 12.1 Å². The number of amides is 1. The van der Waals surface area contributed by atoms with Crippen LogP contribution in [0.3, 0.4) is 0 Å². The number of aromatic nitrogens is 3. The van der Waals surface area contributed by atoms with Gasteiger partial charge in [0.15, 0.2) is 0 Å². The molecule has 1 amide bonds. The zero-order chi connectivity index (χ0) is 19.7. The van der Waals surface area contributed by atoms with Gasteiger partial charge in [0.25, 0.3) is 0 Å². The maximum Gasteiger partial charge on any atom is 0.231 e. The Kier molecular flexibility index (Phi) is 4.86. The SMILES string of the molecule is CCC(=O)N1c2ncnn2[C@H](c2ccc(OC)cc2)C[C@H]1c1ccc(C)cc1. The van der Waals surface area contributed by atoms with Crippen LogP contribution in [0.15, 0.2) is 54.9 Å². The van der Waals surface area contributed by atoms with Crippen LogP contribution in [0.25, 0.3) is 0 Å². The van der Waals surface area contributed by atoms with Crippen LogP contribution in [-0.4, -0.2) is 27.8 Å². The van der Waals surface area contributed by atoms with Crippen molar-refractivity contribution in [2.45, 2.75) is 38.8 Å². The zero-order valence-corrected chi connectivity index (χ0v) is 16.4. The molecule has 2 aromatic carbocycles. The van der Waals surface area contributed by atoms with E-state index in [0.29, 0.717) is 12.4 Å². The van der Waals surface area contributed by atoms with Crippen molar-refractivity contribution < 1.29 is 9.53 Å². The van der Waals surface area contributed by atoms with Crippen molar-refractivity contribution in [3.8, 4) is 5.75 Å². The summed E-state index contributed by atoms with van der Waals surface area (Å²) in [6.07, 6.45) is 2.68. The van der Waals surface area contributed by atoms with Crippen LogP contribution in [0.1, 0.15) is 48.5 Å². The Labute approximate surface area is 164 Å². The van der Waals surface area contributed by atoms with Crippen molar-refractivity contribution in [2.24, 2.45) is 0 Å². The van der Waals surface area contributed by atoms with Crippen LogP contribution in [-0.2, 0) is 4.79 Å². The van der Waals surface area contributed by atoms with E-state index in [1.807, 2.05) is 23.7 Å². The Morgan fingerprint density at radius 3 is 2.36 bits per heavy atom. The van der Waals surface area contributed by atoms with E-state index >= 15 is 0 Å². The molecule has 6 nitrogen and oxygen atoms in total. The van der Waals surface area contributed by atoms with Gasteiger partial charge in [-0.05, 0) is 36.6 Å². The van der Waals surface area contributed by atoms with Crippen molar-refractivity contribution in [1.29, 1.82) is 0 Å². The molecule has 0 fully saturated rings. The summed E-state index contributed by atoms with van der Waals surface area (Å²) in [7, 11) is 1.66. The van der Waals surface area contributed by atoms with Gasteiger partial charge >= 0.3 is 0 Å². The number of carbonyl (C=O) groups excluding carboxylic acids is 1. The number of methoxy groups -OCH3 is 1. The highest BCUT2D eigenvalue weighted by Crippen LogP contribution is 2.42. The molecule has 0 saturated carbocycles. The van der Waals surface area contributed by atoms with Crippen molar-refractivity contribution in [3.63, 3.8) is 0 Å². The van der Waals surface area contributed by atoms with Gasteiger partial charge in [-0.1, -0.05) is 48.9 Å². The highest BCUT2D eigenvalue weighted by molar-refractivity contribution is 5.92. The molecule has 2 atom stereocenters. The second-order valence-electron chi connectivity index (χ2n) is 7.07. The van der Waals surface area contributed by atoms with Gasteiger partial charge in [-0.3, -0.25) is 9.69 Å². The van der Waals surface area contributed by atoms with Gasteiger partial charge in [-0.15, -0.1) is 0 Å². The minimum atomic E-state index is -0.0862. The molecule has 0 radical (unpaired) electrons. The number of ether oxygens (including phenoxy) is 1. The lowest BCUT2D eigenvalue weighted by Crippen LogP contribution is -2.42. The number of hydrogen-bond acceptors (Lipinski definition) is 4. The van der Waals surface area contributed by atoms with E-state index in [-0.39, 0.29) is 18.0 Å². The molecule has 0 N–H and O–H groups in total. The summed E-state index contributed by atoms with van der Waals surface area (Å²) in [6, 6.07) is 16.3. The largest absolute Gasteiger partial charge is 0.497 e. The van der Waals surface area contributed by atoms with Gasteiger partial charge in [0, 0.05) is 6.42 Å². The van der Waals surface area contributed by atoms with Gasteiger partial charge in [-0.25, -0.2) is 4.68 Å². The third-order valence-electron chi connectivity index (χ3n) is 5.36. The molecular formula is C22H24N4O2. The summed E-state index contributed by atoms with van der Waals surface area (Å²) in [5.74, 6) is 1.47. The molecule has 1 aliphatic heterocycles. The van der Waals surface area contributed by atoms with E-state index in [1.54, 1.807) is 12.0 Å². The average molecular weight is 376 g/mol. The smallest absolute Gasteiger partial charge is 0.231 e. The Morgan fingerprint density at radius 2 is 1.71 bits per heavy atom. The molecule has 3 aromatic rings. The molecule has 0 unspecified atom stereocenters. The Morgan fingerprint density at radius 1 is 1.07 bits per heavy atom. The first kappa shape index (κ1) is 18.2. The molecule has 2 heterocycles. The van der Waals surface area contributed by atoms with Gasteiger partial charge in [0.05, 0.1) is 19.2 Å². The second-order valence-corrected chi connectivity index (χ2v) is 7.07.